The fourth-order valence-electron chi connectivity index (χ4n) is 1.29. The molecule has 0 bridgehead atoms. The largest absolute Gasteiger partial charge is 0.431 e. The maximum absolute atomic E-state index is 5.98. The highest BCUT2D eigenvalue weighted by Crippen LogP contribution is 2.36. The van der Waals surface area contributed by atoms with E-state index in [1.807, 2.05) is 0 Å². The normalized spacial score (nSPS) is 14.6. The molecule has 0 amide bonds. The monoisotopic (exact) mass is 291 g/mol. The minimum Gasteiger partial charge on any atom is -0.431 e. The van der Waals surface area contributed by atoms with Crippen LogP contribution in [0.15, 0.2) is 15.3 Å². The van der Waals surface area contributed by atoms with E-state index in [0.29, 0.717) is 10.6 Å². The number of hydrogen-bond donors (Lipinski definition) is 0. The molecule has 0 aromatic carbocycles. The quantitative estimate of drug-likeness (QED) is 0.799. The van der Waals surface area contributed by atoms with Gasteiger partial charge in [-0.1, -0.05) is 20.8 Å². The second kappa shape index (κ2) is 4.80. The highest BCUT2D eigenvalue weighted by Gasteiger charge is 2.31. The van der Waals surface area contributed by atoms with Crippen LogP contribution in [0, 0.1) is 5.41 Å². The van der Waals surface area contributed by atoms with Gasteiger partial charge in [0.25, 0.3) is 0 Å². The zero-order valence-electron chi connectivity index (χ0n) is 9.87. The molecule has 0 radical (unpaired) electrons. The Kier molecular flexibility index (Phi) is 4.14. The first-order valence-electron chi connectivity index (χ1n) is 5.07. The molecule has 0 aliphatic carbocycles. The van der Waals surface area contributed by atoms with Crippen molar-refractivity contribution in [1.29, 1.82) is 0 Å². The molecule has 1 aromatic rings. The molecule has 1 atom stereocenters. The zero-order valence-corrected chi connectivity index (χ0v) is 12.6. The Balaban J connectivity index is 2.91. The third-order valence-corrected chi connectivity index (χ3v) is 3.10. The molecule has 0 saturated carbocycles. The molecular weight excluding hydrogens is 274 g/mol. The first-order chi connectivity index (χ1) is 6.80. The van der Waals surface area contributed by atoms with Crippen molar-refractivity contribution < 1.29 is 8.84 Å². The second-order valence-corrected chi connectivity index (χ2v) is 8.08. The molecule has 0 saturated heterocycles. The average Bonchev–Trinajstić information content (AvgIpc) is 2.45. The maximum atomic E-state index is 5.98. The Morgan fingerprint density at radius 3 is 2.40 bits per heavy atom. The Labute approximate surface area is 101 Å². The summed E-state index contributed by atoms with van der Waals surface area (Å²) in [7, 11) is -1.10. The van der Waals surface area contributed by atoms with Crippen molar-refractivity contribution in [2.24, 2.45) is 5.41 Å². The SMILES string of the molecule is C[SiH](C)OC(c1ncc(Br)o1)C(C)(C)C. The van der Waals surface area contributed by atoms with Gasteiger partial charge in [-0.15, -0.1) is 0 Å². The molecule has 3 nitrogen and oxygen atoms in total. The molecule has 0 fully saturated rings. The minimum absolute atomic E-state index is 0.00155. The van der Waals surface area contributed by atoms with Crippen molar-refractivity contribution in [3.8, 4) is 0 Å². The number of nitrogens with zero attached hydrogens (tertiary/aromatic N) is 1. The lowest BCUT2D eigenvalue weighted by Crippen LogP contribution is -2.26. The molecule has 0 N–H and O–H groups in total. The molecule has 0 aliphatic heterocycles. The first-order valence-corrected chi connectivity index (χ1v) is 8.64. The van der Waals surface area contributed by atoms with E-state index >= 15 is 0 Å². The summed E-state index contributed by atoms with van der Waals surface area (Å²) in [5.74, 6) is 0.663. The van der Waals surface area contributed by atoms with Gasteiger partial charge >= 0.3 is 0 Å². The summed E-state index contributed by atoms with van der Waals surface area (Å²) >= 11 is 3.26. The van der Waals surface area contributed by atoms with Crippen LogP contribution in [0.3, 0.4) is 0 Å². The Morgan fingerprint density at radius 2 is 2.07 bits per heavy atom. The predicted molar refractivity (Wildman–Crippen MR) is 66.4 cm³/mol. The minimum atomic E-state index is -1.10. The van der Waals surface area contributed by atoms with Crippen LogP contribution in [-0.2, 0) is 4.43 Å². The van der Waals surface area contributed by atoms with E-state index in [0.717, 1.165) is 0 Å². The lowest BCUT2D eigenvalue weighted by Gasteiger charge is -2.29. The molecule has 86 valence electrons. The van der Waals surface area contributed by atoms with Crippen LogP contribution in [0.4, 0.5) is 0 Å². The van der Waals surface area contributed by atoms with Gasteiger partial charge in [0.05, 0.1) is 6.20 Å². The molecular formula is C10H18BrNO2Si. The molecule has 1 aromatic heterocycles. The maximum Gasteiger partial charge on any atom is 0.224 e. The lowest BCUT2D eigenvalue weighted by atomic mass is 9.89. The smallest absolute Gasteiger partial charge is 0.224 e. The van der Waals surface area contributed by atoms with E-state index in [1.165, 1.54) is 0 Å². The molecule has 1 heterocycles. The van der Waals surface area contributed by atoms with Gasteiger partial charge < -0.3 is 8.84 Å². The summed E-state index contributed by atoms with van der Waals surface area (Å²) in [6.45, 7) is 10.7. The van der Waals surface area contributed by atoms with Crippen LogP contribution in [0.5, 0.6) is 0 Å². The van der Waals surface area contributed by atoms with Gasteiger partial charge in [-0.05, 0) is 34.4 Å². The fourth-order valence-corrected chi connectivity index (χ4v) is 2.63. The van der Waals surface area contributed by atoms with E-state index in [9.17, 15) is 0 Å². The highest BCUT2D eigenvalue weighted by atomic mass is 79.9. The summed E-state index contributed by atoms with van der Waals surface area (Å²) < 4.78 is 12.1. The van der Waals surface area contributed by atoms with Crippen molar-refractivity contribution in [3.63, 3.8) is 0 Å². The molecule has 1 rings (SSSR count). The van der Waals surface area contributed by atoms with Crippen LogP contribution >= 0.6 is 15.9 Å². The summed E-state index contributed by atoms with van der Waals surface area (Å²) in [6.07, 6.45) is 1.61. The third-order valence-electron chi connectivity index (χ3n) is 1.91. The van der Waals surface area contributed by atoms with Gasteiger partial charge in [-0.25, -0.2) is 4.98 Å². The van der Waals surface area contributed by atoms with E-state index < -0.39 is 9.04 Å². The molecule has 5 heteroatoms. The van der Waals surface area contributed by atoms with Crippen molar-refractivity contribution in [2.45, 2.75) is 40.0 Å². The molecule has 0 aliphatic rings. The molecule has 15 heavy (non-hydrogen) atoms. The van der Waals surface area contributed by atoms with Crippen LogP contribution < -0.4 is 0 Å². The number of halogens is 1. The van der Waals surface area contributed by atoms with E-state index in [2.05, 4.69) is 54.8 Å². The van der Waals surface area contributed by atoms with Gasteiger partial charge in [-0.3, -0.25) is 0 Å². The number of hydrogen-bond acceptors (Lipinski definition) is 3. The lowest BCUT2D eigenvalue weighted by molar-refractivity contribution is 0.0605. The summed E-state index contributed by atoms with van der Waals surface area (Å²) in [5, 5.41) is 0. The summed E-state index contributed by atoms with van der Waals surface area (Å²) in [4.78, 5) is 4.22. The number of rotatable bonds is 3. The van der Waals surface area contributed by atoms with Crippen molar-refractivity contribution >= 4 is 25.0 Å². The highest BCUT2D eigenvalue weighted by molar-refractivity contribution is 9.10. The standard InChI is InChI=1S/C10H18BrNO2Si/c1-10(2,3)8(14-15(4)5)9-12-6-7(11)13-9/h6,8,15H,1-5H3. The Hall–Kier alpha value is -0.133. The van der Waals surface area contributed by atoms with Gasteiger partial charge in [0, 0.05) is 0 Å². The molecule has 0 spiro atoms. The Morgan fingerprint density at radius 1 is 1.47 bits per heavy atom. The summed E-state index contributed by atoms with van der Waals surface area (Å²) in [6, 6.07) is 0. The van der Waals surface area contributed by atoms with Crippen LogP contribution in [0.2, 0.25) is 13.1 Å². The second-order valence-electron chi connectivity index (χ2n) is 4.93. The first kappa shape index (κ1) is 12.9. The number of aromatic nitrogens is 1. The van der Waals surface area contributed by atoms with Crippen LogP contribution in [0.1, 0.15) is 32.8 Å². The third kappa shape index (κ3) is 3.73. The van der Waals surface area contributed by atoms with Gasteiger partial charge in [0.1, 0.15) is 6.10 Å². The fraction of sp³-hybridized carbons (Fsp3) is 0.700. The zero-order chi connectivity index (χ0) is 11.6. The van der Waals surface area contributed by atoms with Crippen molar-refractivity contribution in [3.05, 3.63) is 16.8 Å². The van der Waals surface area contributed by atoms with Gasteiger partial charge in [-0.2, -0.15) is 0 Å². The van der Waals surface area contributed by atoms with Crippen molar-refractivity contribution in [1.82, 2.24) is 4.98 Å². The topological polar surface area (TPSA) is 35.3 Å². The summed E-state index contributed by atoms with van der Waals surface area (Å²) in [5.41, 5.74) is 0.00155. The van der Waals surface area contributed by atoms with E-state index in [-0.39, 0.29) is 11.5 Å². The van der Waals surface area contributed by atoms with Crippen LogP contribution in [0.25, 0.3) is 0 Å². The predicted octanol–water partition coefficient (Wildman–Crippen LogP) is 3.52. The average molecular weight is 292 g/mol. The molecule has 1 unspecified atom stereocenters. The van der Waals surface area contributed by atoms with E-state index in [1.54, 1.807) is 6.20 Å². The van der Waals surface area contributed by atoms with E-state index in [4.69, 9.17) is 8.84 Å². The van der Waals surface area contributed by atoms with Gasteiger partial charge in [0.15, 0.2) is 13.7 Å². The van der Waals surface area contributed by atoms with Crippen LogP contribution in [-0.4, -0.2) is 14.0 Å². The van der Waals surface area contributed by atoms with Crippen molar-refractivity contribution in [2.75, 3.05) is 0 Å². The number of oxazole rings is 1. The van der Waals surface area contributed by atoms with Gasteiger partial charge in [0.2, 0.25) is 5.89 Å². The Bertz CT molecular complexity index is 319.